The van der Waals surface area contributed by atoms with E-state index in [0.717, 1.165) is 6.42 Å². The average Bonchev–Trinajstić information content (AvgIpc) is 2.12. The van der Waals surface area contributed by atoms with Crippen molar-refractivity contribution in [3.05, 3.63) is 0 Å². The van der Waals surface area contributed by atoms with Crippen LogP contribution in [0.15, 0.2) is 0 Å². The van der Waals surface area contributed by atoms with Gasteiger partial charge in [-0.05, 0) is 27.2 Å². The first kappa shape index (κ1) is 13.9. The van der Waals surface area contributed by atoms with Gasteiger partial charge in [0.15, 0.2) is 0 Å². The quantitative estimate of drug-likeness (QED) is 0.681. The number of carbonyl (C=O) groups excluding carboxylic acids is 1. The number of ether oxygens (including phenoxy) is 1. The monoisotopic (exact) mass is 296 g/mol. The van der Waals surface area contributed by atoms with Crippen LogP contribution in [0.4, 0.5) is 4.79 Å². The first-order valence-corrected chi connectivity index (χ1v) is 8.05. The number of carbonyl (C=O) groups is 1. The van der Waals surface area contributed by atoms with E-state index in [-0.39, 0.29) is 31.3 Å². The highest BCUT2D eigenvalue weighted by molar-refractivity contribution is 8.11. The van der Waals surface area contributed by atoms with E-state index in [4.69, 9.17) is 15.4 Å². The molecule has 0 aromatic heterocycles. The first-order chi connectivity index (χ1) is 8.08. The van der Waals surface area contributed by atoms with Gasteiger partial charge in [0.05, 0.1) is 12.1 Å². The van der Waals surface area contributed by atoms with E-state index < -0.39 is 14.8 Å². The summed E-state index contributed by atoms with van der Waals surface area (Å²) in [6.07, 6.45) is 0.428. The minimum Gasteiger partial charge on any atom is -0.444 e. The summed E-state index contributed by atoms with van der Waals surface area (Å²) in [5.74, 6) is 0. The second-order valence-electron chi connectivity index (χ2n) is 5.69. The average molecular weight is 297 g/mol. The highest BCUT2D eigenvalue weighted by atomic mass is 35.7. The van der Waals surface area contributed by atoms with Gasteiger partial charge >= 0.3 is 6.09 Å². The number of hydrogen-bond acceptors (Lipinski definition) is 4. The molecule has 2 atom stereocenters. The van der Waals surface area contributed by atoms with Gasteiger partial charge in [-0.1, -0.05) is 0 Å². The molecule has 0 saturated carbocycles. The largest absolute Gasteiger partial charge is 0.444 e. The Balaban J connectivity index is 2.00. The molecule has 0 aromatic carbocycles. The molecule has 3 saturated heterocycles. The van der Waals surface area contributed by atoms with Gasteiger partial charge in [-0.2, -0.15) is 12.7 Å². The lowest BCUT2D eigenvalue weighted by Crippen LogP contribution is -2.70. The third kappa shape index (κ3) is 2.73. The highest BCUT2D eigenvalue weighted by Crippen LogP contribution is 2.35. The normalized spacial score (nSPS) is 28.8. The lowest BCUT2D eigenvalue weighted by atomic mass is 9.89. The molecule has 0 spiro atoms. The maximum absolute atomic E-state index is 11.9. The molecule has 3 aliphatic heterocycles. The van der Waals surface area contributed by atoms with Crippen molar-refractivity contribution >= 4 is 26.0 Å². The molecule has 3 heterocycles. The molecule has 0 aliphatic carbocycles. The number of fused-ring (bicyclic) bond motifs is 2. The van der Waals surface area contributed by atoms with E-state index in [9.17, 15) is 13.2 Å². The van der Waals surface area contributed by atoms with Crippen molar-refractivity contribution in [2.24, 2.45) is 0 Å². The van der Waals surface area contributed by atoms with E-state index in [1.165, 1.54) is 4.31 Å². The van der Waals surface area contributed by atoms with E-state index in [2.05, 4.69) is 0 Å². The van der Waals surface area contributed by atoms with E-state index in [1.807, 2.05) is 0 Å². The number of piperazine rings is 1. The minimum atomic E-state index is -3.69. The first-order valence-electron chi connectivity index (χ1n) is 5.79. The van der Waals surface area contributed by atoms with Crippen LogP contribution < -0.4 is 0 Å². The van der Waals surface area contributed by atoms with Crippen molar-refractivity contribution in [1.82, 2.24) is 9.21 Å². The summed E-state index contributed by atoms with van der Waals surface area (Å²) in [7, 11) is 1.61. The van der Waals surface area contributed by atoms with Gasteiger partial charge in [0.2, 0.25) is 0 Å². The number of rotatable bonds is 1. The smallest absolute Gasteiger partial charge is 0.410 e. The Kier molecular flexibility index (Phi) is 3.28. The molecule has 6 nitrogen and oxygen atoms in total. The molecule has 0 aromatic rings. The fourth-order valence-electron chi connectivity index (χ4n) is 2.36. The number of amides is 1. The zero-order valence-corrected chi connectivity index (χ0v) is 12.2. The summed E-state index contributed by atoms with van der Waals surface area (Å²) in [5.41, 5.74) is -0.542. The van der Waals surface area contributed by atoms with Gasteiger partial charge in [0.1, 0.15) is 5.60 Å². The number of hydrogen-bond donors (Lipinski definition) is 0. The zero-order chi connectivity index (χ0) is 13.7. The van der Waals surface area contributed by atoms with Gasteiger partial charge in [-0.15, -0.1) is 0 Å². The van der Waals surface area contributed by atoms with Crippen molar-refractivity contribution < 1.29 is 17.9 Å². The van der Waals surface area contributed by atoms with Crippen LogP contribution >= 0.6 is 10.7 Å². The van der Waals surface area contributed by atoms with Gasteiger partial charge in [-0.25, -0.2) is 4.79 Å². The summed E-state index contributed by atoms with van der Waals surface area (Å²) in [4.78, 5) is 13.5. The summed E-state index contributed by atoms with van der Waals surface area (Å²) in [6, 6.07) is -0.237. The predicted octanol–water partition coefficient (Wildman–Crippen LogP) is 1.16. The molecule has 2 bridgehead atoms. The van der Waals surface area contributed by atoms with Crippen molar-refractivity contribution in [3.8, 4) is 0 Å². The van der Waals surface area contributed by atoms with Crippen molar-refractivity contribution in [1.29, 1.82) is 0 Å². The fourth-order valence-corrected chi connectivity index (χ4v) is 3.40. The zero-order valence-electron chi connectivity index (χ0n) is 10.6. The minimum absolute atomic E-state index is 0.118. The molecule has 18 heavy (non-hydrogen) atoms. The molecule has 8 heteroatoms. The second-order valence-corrected chi connectivity index (χ2v) is 8.20. The van der Waals surface area contributed by atoms with E-state index in [1.54, 1.807) is 25.7 Å². The summed E-state index contributed by atoms with van der Waals surface area (Å²) in [6.45, 7) is 5.91. The van der Waals surface area contributed by atoms with E-state index >= 15 is 0 Å². The lowest BCUT2D eigenvalue weighted by Gasteiger charge is -2.54. The Bertz CT molecular complexity index is 447. The van der Waals surface area contributed by atoms with Gasteiger partial charge in [0.25, 0.3) is 9.24 Å². The van der Waals surface area contributed by atoms with Crippen molar-refractivity contribution in [3.63, 3.8) is 0 Å². The maximum Gasteiger partial charge on any atom is 0.410 e. The third-order valence-corrected chi connectivity index (χ3v) is 4.57. The molecular weight excluding hydrogens is 280 g/mol. The Morgan fingerprint density at radius 2 is 1.78 bits per heavy atom. The molecular formula is C10H17ClN2O4S. The molecule has 0 radical (unpaired) electrons. The molecule has 104 valence electrons. The lowest BCUT2D eigenvalue weighted by molar-refractivity contribution is -0.0596. The topological polar surface area (TPSA) is 66.9 Å². The fraction of sp³-hybridized carbons (Fsp3) is 0.900. The Morgan fingerprint density at radius 3 is 2.17 bits per heavy atom. The predicted molar refractivity (Wildman–Crippen MR) is 66.6 cm³/mol. The number of piperidine rings is 1. The molecule has 3 aliphatic rings. The Hall–Kier alpha value is -0.530. The molecule has 3 rings (SSSR count). The maximum atomic E-state index is 11.9. The van der Waals surface area contributed by atoms with Gasteiger partial charge in [-0.3, -0.25) is 4.90 Å². The Morgan fingerprint density at radius 1 is 1.28 bits per heavy atom. The van der Waals surface area contributed by atoms with Crippen LogP contribution in [0.3, 0.4) is 0 Å². The molecule has 3 fully saturated rings. The highest BCUT2D eigenvalue weighted by Gasteiger charge is 2.50. The molecule has 0 N–H and O–H groups in total. The van der Waals surface area contributed by atoms with Crippen LogP contribution in [0.2, 0.25) is 0 Å². The molecule has 0 unspecified atom stereocenters. The van der Waals surface area contributed by atoms with Gasteiger partial charge in [0, 0.05) is 23.8 Å². The van der Waals surface area contributed by atoms with Crippen LogP contribution in [0.25, 0.3) is 0 Å². The van der Waals surface area contributed by atoms with E-state index in [0.29, 0.717) is 0 Å². The summed E-state index contributed by atoms with van der Waals surface area (Å²) < 4.78 is 28.9. The van der Waals surface area contributed by atoms with Crippen LogP contribution in [-0.2, 0) is 14.0 Å². The summed E-state index contributed by atoms with van der Waals surface area (Å²) in [5, 5.41) is 0. The second kappa shape index (κ2) is 4.25. The van der Waals surface area contributed by atoms with Crippen molar-refractivity contribution in [2.45, 2.75) is 44.9 Å². The number of halogens is 1. The van der Waals surface area contributed by atoms with Crippen LogP contribution in [-0.4, -0.2) is 54.5 Å². The summed E-state index contributed by atoms with van der Waals surface area (Å²) >= 11 is 0. The van der Waals surface area contributed by atoms with Gasteiger partial charge < -0.3 is 4.74 Å². The standard InChI is InChI=1S/C10H17ClN2O4S/c1-10(2,3)17-9(14)13-7-4-8(13)6-12(5-7)18(11,15)16/h7-8H,4-6H2,1-3H3/t7-,8+. The van der Waals surface area contributed by atoms with Crippen molar-refractivity contribution in [2.75, 3.05) is 13.1 Å². The molecule has 1 amide bonds. The van der Waals surface area contributed by atoms with Crippen LogP contribution in [0.1, 0.15) is 27.2 Å². The number of nitrogens with zero attached hydrogens (tertiary/aromatic N) is 2. The Labute approximate surface area is 111 Å². The SMILES string of the molecule is CC(C)(C)OC(=O)N1[C@@H]2C[C@H]1CN(S(=O)(=O)Cl)C2. The third-order valence-electron chi connectivity index (χ3n) is 3.07. The van der Waals surface area contributed by atoms with Crippen LogP contribution in [0, 0.1) is 0 Å². The van der Waals surface area contributed by atoms with Crippen LogP contribution in [0.5, 0.6) is 0 Å².